The molecule has 0 saturated carbocycles. The molecule has 4 rings (SSSR count). The van der Waals surface area contributed by atoms with E-state index in [9.17, 15) is 19.2 Å². The molecule has 0 heterocycles. The van der Waals surface area contributed by atoms with Gasteiger partial charge < -0.3 is 15.4 Å². The number of nitriles is 1. The van der Waals surface area contributed by atoms with Crippen molar-refractivity contribution in [2.75, 3.05) is 17.7 Å². The van der Waals surface area contributed by atoms with Crippen molar-refractivity contribution in [3.63, 3.8) is 0 Å². The Kier molecular flexibility index (Phi) is 6.84. The van der Waals surface area contributed by atoms with Gasteiger partial charge in [-0.05, 0) is 54.1 Å². The number of hydrogen-bond donors (Lipinski definition) is 2. The van der Waals surface area contributed by atoms with Crippen LogP contribution in [0.25, 0.3) is 11.1 Å². The van der Waals surface area contributed by atoms with Crippen LogP contribution in [0.4, 0.5) is 15.8 Å². The van der Waals surface area contributed by atoms with Crippen LogP contribution in [0.15, 0.2) is 91.0 Å². The van der Waals surface area contributed by atoms with E-state index in [2.05, 4.69) is 16.7 Å². The quantitative estimate of drug-likeness (QED) is 0.372. The molecule has 0 aliphatic carbocycles. The number of nitrogens with one attached hydrogen (secondary N) is 2. The number of nitrogens with zero attached hydrogens (tertiary/aromatic N) is 1. The molecule has 0 spiro atoms. The molecule has 0 aromatic heterocycles. The molecule has 2 amide bonds. The van der Waals surface area contributed by atoms with Crippen molar-refractivity contribution >= 4 is 23.2 Å². The molecule has 2 N–H and O–H groups in total. The van der Waals surface area contributed by atoms with Gasteiger partial charge in [0.2, 0.25) is 0 Å². The zero-order chi connectivity index (χ0) is 24.8. The Morgan fingerprint density at radius 3 is 2.31 bits per heavy atom. The smallest absolute Gasteiger partial charge is 0.256 e. The standard InChI is InChI=1S/C28H20FN3O3/c1-35-26-14-13-21(16-25(26)32-27(33)18-8-6-9-20(29)15-18)31-28(34)24-12-5-4-11-23(24)22-10-3-2-7-19(22)17-30/h2-16H,1H3,(H,31,34)(H,32,33). The van der Waals surface area contributed by atoms with Crippen molar-refractivity contribution in [3.05, 3.63) is 114 Å². The second-order valence-corrected chi connectivity index (χ2v) is 7.54. The van der Waals surface area contributed by atoms with E-state index in [0.29, 0.717) is 39.4 Å². The molecule has 0 radical (unpaired) electrons. The third kappa shape index (κ3) is 5.18. The van der Waals surface area contributed by atoms with Crippen LogP contribution in [0.5, 0.6) is 5.75 Å². The van der Waals surface area contributed by atoms with Crippen LogP contribution >= 0.6 is 0 Å². The highest BCUT2D eigenvalue weighted by Gasteiger charge is 2.17. The van der Waals surface area contributed by atoms with Gasteiger partial charge in [0.25, 0.3) is 11.8 Å². The fraction of sp³-hybridized carbons (Fsp3) is 0.0357. The number of carbonyl (C=O) groups is 2. The van der Waals surface area contributed by atoms with Crippen molar-refractivity contribution in [1.82, 2.24) is 0 Å². The summed E-state index contributed by atoms with van der Waals surface area (Å²) in [6, 6.07) is 26.3. The van der Waals surface area contributed by atoms with Gasteiger partial charge in [-0.25, -0.2) is 4.39 Å². The van der Waals surface area contributed by atoms with E-state index in [0.717, 1.165) is 6.07 Å². The van der Waals surface area contributed by atoms with Crippen LogP contribution in [-0.2, 0) is 0 Å². The zero-order valence-electron chi connectivity index (χ0n) is 18.7. The van der Waals surface area contributed by atoms with Gasteiger partial charge in [-0.15, -0.1) is 0 Å². The normalized spacial score (nSPS) is 10.2. The van der Waals surface area contributed by atoms with E-state index < -0.39 is 11.7 Å². The highest BCUT2D eigenvalue weighted by Crippen LogP contribution is 2.30. The first-order valence-electron chi connectivity index (χ1n) is 10.6. The Morgan fingerprint density at radius 2 is 1.57 bits per heavy atom. The molecular weight excluding hydrogens is 445 g/mol. The topological polar surface area (TPSA) is 91.2 Å². The maximum Gasteiger partial charge on any atom is 0.256 e. The van der Waals surface area contributed by atoms with Crippen molar-refractivity contribution < 1.29 is 18.7 Å². The van der Waals surface area contributed by atoms with Gasteiger partial charge in [0.1, 0.15) is 11.6 Å². The SMILES string of the molecule is COc1ccc(NC(=O)c2ccccc2-c2ccccc2C#N)cc1NC(=O)c1cccc(F)c1. The molecule has 7 heteroatoms. The van der Waals surface area contributed by atoms with Gasteiger partial charge in [0.15, 0.2) is 0 Å². The number of amides is 2. The molecule has 4 aromatic carbocycles. The average Bonchev–Trinajstić information content (AvgIpc) is 2.88. The fourth-order valence-corrected chi connectivity index (χ4v) is 3.64. The largest absolute Gasteiger partial charge is 0.495 e. The number of rotatable bonds is 6. The van der Waals surface area contributed by atoms with E-state index in [1.807, 2.05) is 6.07 Å². The van der Waals surface area contributed by atoms with Crippen molar-refractivity contribution in [2.45, 2.75) is 0 Å². The summed E-state index contributed by atoms with van der Waals surface area (Å²) in [4.78, 5) is 25.8. The summed E-state index contributed by atoms with van der Waals surface area (Å²) in [5, 5.41) is 15.0. The minimum absolute atomic E-state index is 0.145. The number of halogens is 1. The lowest BCUT2D eigenvalue weighted by atomic mass is 9.95. The number of anilines is 2. The van der Waals surface area contributed by atoms with Gasteiger partial charge >= 0.3 is 0 Å². The maximum atomic E-state index is 13.5. The molecule has 0 aliphatic heterocycles. The molecule has 0 saturated heterocycles. The molecule has 0 fully saturated rings. The highest BCUT2D eigenvalue weighted by atomic mass is 19.1. The number of hydrogen-bond acceptors (Lipinski definition) is 4. The number of carbonyl (C=O) groups excluding carboxylic acids is 2. The van der Waals surface area contributed by atoms with Crippen LogP contribution in [0.3, 0.4) is 0 Å². The van der Waals surface area contributed by atoms with E-state index in [4.69, 9.17) is 4.74 Å². The predicted molar refractivity (Wildman–Crippen MR) is 132 cm³/mol. The molecule has 172 valence electrons. The molecule has 0 aliphatic rings. The first-order valence-corrected chi connectivity index (χ1v) is 10.6. The molecule has 6 nitrogen and oxygen atoms in total. The lowest BCUT2D eigenvalue weighted by molar-refractivity contribution is 0.101. The Morgan fingerprint density at radius 1 is 0.829 bits per heavy atom. The second kappa shape index (κ2) is 10.3. The lowest BCUT2D eigenvalue weighted by Gasteiger charge is -2.14. The maximum absolute atomic E-state index is 13.5. The molecule has 0 bridgehead atoms. The summed E-state index contributed by atoms with van der Waals surface area (Å²) >= 11 is 0. The molecular formula is C28H20FN3O3. The van der Waals surface area contributed by atoms with Crippen molar-refractivity contribution in [1.29, 1.82) is 5.26 Å². The Labute approximate surface area is 201 Å². The summed E-state index contributed by atoms with van der Waals surface area (Å²) in [7, 11) is 1.45. The van der Waals surface area contributed by atoms with Gasteiger partial charge in [0.05, 0.1) is 24.4 Å². The Bertz CT molecular complexity index is 1460. The van der Waals surface area contributed by atoms with E-state index in [1.54, 1.807) is 60.7 Å². The Balaban J connectivity index is 1.62. The first-order chi connectivity index (χ1) is 17.0. The van der Waals surface area contributed by atoms with Crippen LogP contribution in [0.1, 0.15) is 26.3 Å². The third-order valence-electron chi connectivity index (χ3n) is 5.30. The van der Waals surface area contributed by atoms with Gasteiger partial charge in [-0.3, -0.25) is 9.59 Å². The number of ether oxygens (including phenoxy) is 1. The molecule has 35 heavy (non-hydrogen) atoms. The molecule has 4 aromatic rings. The molecule has 0 atom stereocenters. The lowest BCUT2D eigenvalue weighted by Crippen LogP contribution is -2.15. The van der Waals surface area contributed by atoms with Crippen LogP contribution in [-0.4, -0.2) is 18.9 Å². The fourth-order valence-electron chi connectivity index (χ4n) is 3.64. The minimum atomic E-state index is -0.526. The minimum Gasteiger partial charge on any atom is -0.495 e. The summed E-state index contributed by atoms with van der Waals surface area (Å²) in [6.07, 6.45) is 0. The van der Waals surface area contributed by atoms with Crippen molar-refractivity contribution in [3.8, 4) is 22.9 Å². The van der Waals surface area contributed by atoms with E-state index in [-0.39, 0.29) is 11.5 Å². The number of methoxy groups -OCH3 is 1. The van der Waals surface area contributed by atoms with Crippen LogP contribution in [0, 0.1) is 17.1 Å². The van der Waals surface area contributed by atoms with Crippen LogP contribution < -0.4 is 15.4 Å². The summed E-state index contributed by atoms with van der Waals surface area (Å²) in [5.41, 5.74) is 2.98. The zero-order valence-corrected chi connectivity index (χ0v) is 18.7. The van der Waals surface area contributed by atoms with Gasteiger partial charge in [-0.1, -0.05) is 42.5 Å². The van der Waals surface area contributed by atoms with E-state index >= 15 is 0 Å². The summed E-state index contributed by atoms with van der Waals surface area (Å²) in [5.74, 6) is -1.07. The first kappa shape index (κ1) is 23.2. The predicted octanol–water partition coefficient (Wildman–Crippen LogP) is 5.88. The molecule has 0 unspecified atom stereocenters. The highest BCUT2D eigenvalue weighted by molar-refractivity contribution is 6.10. The number of benzene rings is 4. The Hall–Kier alpha value is -4.96. The second-order valence-electron chi connectivity index (χ2n) is 7.54. The summed E-state index contributed by atoms with van der Waals surface area (Å²) < 4.78 is 18.8. The average molecular weight is 465 g/mol. The van der Waals surface area contributed by atoms with Crippen molar-refractivity contribution in [2.24, 2.45) is 0 Å². The van der Waals surface area contributed by atoms with Crippen LogP contribution in [0.2, 0.25) is 0 Å². The van der Waals surface area contributed by atoms with Gasteiger partial charge in [0, 0.05) is 22.4 Å². The van der Waals surface area contributed by atoms with E-state index in [1.165, 1.54) is 25.3 Å². The summed E-state index contributed by atoms with van der Waals surface area (Å²) in [6.45, 7) is 0. The van der Waals surface area contributed by atoms with Gasteiger partial charge in [-0.2, -0.15) is 5.26 Å². The monoisotopic (exact) mass is 465 g/mol. The third-order valence-corrected chi connectivity index (χ3v) is 5.30.